The second-order valence-corrected chi connectivity index (χ2v) is 6.09. The van der Waals surface area contributed by atoms with Crippen molar-refractivity contribution < 1.29 is 14.7 Å². The molecule has 6 heteroatoms. The van der Waals surface area contributed by atoms with Gasteiger partial charge in [0.05, 0.1) is 5.41 Å². The van der Waals surface area contributed by atoms with Crippen LogP contribution in [0.25, 0.3) is 0 Å². The first kappa shape index (κ1) is 16.3. The van der Waals surface area contributed by atoms with E-state index in [1.165, 1.54) is 0 Å². The van der Waals surface area contributed by atoms with Crippen molar-refractivity contribution >= 4 is 23.6 Å². The molecule has 1 aliphatic rings. The summed E-state index contributed by atoms with van der Waals surface area (Å²) in [5.41, 5.74) is -0.415. The Bertz CT molecular complexity index is 317. The van der Waals surface area contributed by atoms with Gasteiger partial charge in [0.2, 0.25) is 5.91 Å². The second-order valence-electron chi connectivity index (χ2n) is 5.10. The van der Waals surface area contributed by atoms with Gasteiger partial charge in [-0.1, -0.05) is 13.3 Å². The fourth-order valence-electron chi connectivity index (χ4n) is 2.55. The van der Waals surface area contributed by atoms with E-state index in [1.807, 2.05) is 6.26 Å². The molecule has 5 nitrogen and oxygen atoms in total. The molecule has 0 aliphatic carbocycles. The summed E-state index contributed by atoms with van der Waals surface area (Å²) in [6.45, 7) is 3.53. The van der Waals surface area contributed by atoms with Gasteiger partial charge in [0.25, 0.3) is 0 Å². The smallest absolute Gasteiger partial charge is 0.326 e. The molecular formula is C13H24N2O3S. The van der Waals surface area contributed by atoms with Gasteiger partial charge in [-0.05, 0) is 37.8 Å². The van der Waals surface area contributed by atoms with Crippen molar-refractivity contribution in [2.24, 2.45) is 5.41 Å². The number of carbonyl (C=O) groups excluding carboxylic acids is 1. The lowest BCUT2D eigenvalue weighted by atomic mass is 9.81. The molecule has 110 valence electrons. The lowest BCUT2D eigenvalue weighted by molar-refractivity contribution is -0.143. The highest BCUT2D eigenvalue weighted by molar-refractivity contribution is 7.98. The van der Waals surface area contributed by atoms with Crippen molar-refractivity contribution in [3.8, 4) is 0 Å². The van der Waals surface area contributed by atoms with Gasteiger partial charge in [-0.15, -0.1) is 0 Å². The quantitative estimate of drug-likeness (QED) is 0.623. The van der Waals surface area contributed by atoms with Crippen LogP contribution < -0.4 is 10.6 Å². The van der Waals surface area contributed by atoms with Crippen molar-refractivity contribution in [1.82, 2.24) is 10.6 Å². The molecule has 0 aromatic heterocycles. The van der Waals surface area contributed by atoms with E-state index in [4.69, 9.17) is 5.11 Å². The third kappa shape index (κ3) is 4.38. The van der Waals surface area contributed by atoms with Crippen LogP contribution in [0.2, 0.25) is 0 Å². The molecule has 1 fully saturated rings. The number of carboxylic acids is 1. The number of carbonyl (C=O) groups is 2. The molecule has 1 saturated heterocycles. The summed E-state index contributed by atoms with van der Waals surface area (Å²) < 4.78 is 0. The minimum atomic E-state index is -0.944. The maximum absolute atomic E-state index is 12.4. The van der Waals surface area contributed by atoms with Crippen LogP contribution in [-0.2, 0) is 9.59 Å². The van der Waals surface area contributed by atoms with E-state index in [-0.39, 0.29) is 5.91 Å². The Hall–Kier alpha value is -0.750. The zero-order valence-corrected chi connectivity index (χ0v) is 12.5. The molecule has 0 aromatic carbocycles. The average molecular weight is 288 g/mol. The maximum atomic E-state index is 12.4. The molecule has 19 heavy (non-hydrogen) atoms. The average Bonchev–Trinajstić information content (AvgIpc) is 2.84. The molecular weight excluding hydrogens is 264 g/mol. The van der Waals surface area contributed by atoms with Crippen LogP contribution in [0.3, 0.4) is 0 Å². The number of hydrogen-bond donors (Lipinski definition) is 3. The van der Waals surface area contributed by atoms with E-state index in [0.717, 1.165) is 31.6 Å². The Morgan fingerprint density at radius 1 is 1.53 bits per heavy atom. The standard InChI is InChI=1S/C13H24N2O3S/c1-3-5-13(6-7-14-9-13)12(18)15-10(11(16)17)4-8-19-2/h10,14H,3-9H2,1-2H3,(H,15,18)(H,16,17)/t10-,13?/m0/s1. The fourth-order valence-corrected chi connectivity index (χ4v) is 3.02. The molecule has 1 aliphatic heterocycles. The Balaban J connectivity index is 2.65. The van der Waals surface area contributed by atoms with Crippen molar-refractivity contribution in [3.63, 3.8) is 0 Å². The van der Waals surface area contributed by atoms with Gasteiger partial charge in [-0.25, -0.2) is 4.79 Å². The zero-order chi connectivity index (χ0) is 14.3. The number of hydrogen-bond acceptors (Lipinski definition) is 4. The number of amides is 1. The fraction of sp³-hybridized carbons (Fsp3) is 0.846. The number of carboxylic acid groups (broad SMARTS) is 1. The van der Waals surface area contributed by atoms with Gasteiger partial charge >= 0.3 is 5.97 Å². The minimum absolute atomic E-state index is 0.104. The van der Waals surface area contributed by atoms with E-state index >= 15 is 0 Å². The largest absolute Gasteiger partial charge is 0.480 e. The highest BCUT2D eigenvalue weighted by Crippen LogP contribution is 2.31. The van der Waals surface area contributed by atoms with Crippen LogP contribution in [0.5, 0.6) is 0 Å². The summed E-state index contributed by atoms with van der Waals surface area (Å²) in [6, 6.07) is -0.769. The zero-order valence-electron chi connectivity index (χ0n) is 11.7. The Morgan fingerprint density at radius 3 is 2.74 bits per heavy atom. The minimum Gasteiger partial charge on any atom is -0.480 e. The monoisotopic (exact) mass is 288 g/mol. The van der Waals surface area contributed by atoms with Crippen LogP contribution in [-0.4, -0.2) is 48.1 Å². The van der Waals surface area contributed by atoms with Crippen LogP contribution in [0.15, 0.2) is 0 Å². The van der Waals surface area contributed by atoms with Gasteiger partial charge in [0.15, 0.2) is 0 Å². The SMILES string of the molecule is CCCC1(C(=O)N[C@@H](CCSC)C(=O)O)CCNC1. The summed E-state index contributed by atoms with van der Waals surface area (Å²) >= 11 is 1.59. The molecule has 0 saturated carbocycles. The first-order valence-corrected chi connectivity index (χ1v) is 8.18. The number of rotatable bonds is 8. The molecule has 3 N–H and O–H groups in total. The second kappa shape index (κ2) is 7.75. The first-order chi connectivity index (χ1) is 9.05. The van der Waals surface area contributed by atoms with Gasteiger partial charge in [-0.3, -0.25) is 4.79 Å². The van der Waals surface area contributed by atoms with E-state index < -0.39 is 17.4 Å². The highest BCUT2D eigenvalue weighted by Gasteiger charge is 2.41. The third-order valence-electron chi connectivity index (χ3n) is 3.67. The Labute approximate surface area is 118 Å². The molecule has 2 atom stereocenters. The van der Waals surface area contributed by atoms with Crippen molar-refractivity contribution in [3.05, 3.63) is 0 Å². The molecule has 0 bridgehead atoms. The van der Waals surface area contributed by atoms with Crippen molar-refractivity contribution in [2.45, 2.75) is 38.6 Å². The molecule has 1 rings (SSSR count). The Morgan fingerprint density at radius 2 is 2.26 bits per heavy atom. The highest BCUT2D eigenvalue weighted by atomic mass is 32.2. The summed E-state index contributed by atoms with van der Waals surface area (Å²) in [6.07, 6.45) is 4.93. The molecule has 0 spiro atoms. The van der Waals surface area contributed by atoms with Gasteiger partial charge in [-0.2, -0.15) is 11.8 Å². The normalized spacial score (nSPS) is 24.1. The van der Waals surface area contributed by atoms with E-state index in [1.54, 1.807) is 11.8 Å². The lowest BCUT2D eigenvalue weighted by Crippen LogP contribution is -2.49. The number of aliphatic carboxylic acids is 1. The topological polar surface area (TPSA) is 78.4 Å². The molecule has 0 aromatic rings. The number of nitrogens with one attached hydrogen (secondary N) is 2. The summed E-state index contributed by atoms with van der Waals surface area (Å²) in [7, 11) is 0. The molecule has 1 heterocycles. The molecule has 1 amide bonds. The van der Waals surface area contributed by atoms with Crippen molar-refractivity contribution in [2.75, 3.05) is 25.1 Å². The van der Waals surface area contributed by atoms with Crippen molar-refractivity contribution in [1.29, 1.82) is 0 Å². The van der Waals surface area contributed by atoms with E-state index in [0.29, 0.717) is 13.0 Å². The van der Waals surface area contributed by atoms with E-state index in [2.05, 4.69) is 17.6 Å². The van der Waals surface area contributed by atoms with Crippen LogP contribution in [0.1, 0.15) is 32.6 Å². The van der Waals surface area contributed by atoms with Crippen LogP contribution in [0.4, 0.5) is 0 Å². The first-order valence-electron chi connectivity index (χ1n) is 6.79. The molecule has 1 unspecified atom stereocenters. The van der Waals surface area contributed by atoms with Gasteiger partial charge in [0.1, 0.15) is 6.04 Å². The summed E-state index contributed by atoms with van der Waals surface area (Å²) in [5, 5.41) is 15.1. The molecule has 0 radical (unpaired) electrons. The van der Waals surface area contributed by atoms with Gasteiger partial charge in [0, 0.05) is 6.54 Å². The predicted molar refractivity (Wildman–Crippen MR) is 77.4 cm³/mol. The van der Waals surface area contributed by atoms with Crippen LogP contribution >= 0.6 is 11.8 Å². The predicted octanol–water partition coefficient (Wildman–Crippen LogP) is 1.09. The summed E-state index contributed by atoms with van der Waals surface area (Å²) in [4.78, 5) is 23.6. The lowest BCUT2D eigenvalue weighted by Gasteiger charge is -2.28. The van der Waals surface area contributed by atoms with Crippen LogP contribution in [0, 0.1) is 5.41 Å². The Kier molecular flexibility index (Phi) is 6.65. The van der Waals surface area contributed by atoms with Gasteiger partial charge < -0.3 is 15.7 Å². The maximum Gasteiger partial charge on any atom is 0.326 e. The number of thioether (sulfide) groups is 1. The summed E-state index contributed by atoms with van der Waals surface area (Å²) in [5.74, 6) is -0.316. The van der Waals surface area contributed by atoms with E-state index in [9.17, 15) is 9.59 Å². The third-order valence-corrected chi connectivity index (χ3v) is 4.31.